The summed E-state index contributed by atoms with van der Waals surface area (Å²) in [5.74, 6) is 0.328. The molecule has 1 aromatic heterocycles. The number of nitrogens with one attached hydrogen (secondary N) is 1. The average molecular weight is 430 g/mol. The van der Waals surface area contributed by atoms with Crippen LogP contribution in [0.2, 0.25) is 0 Å². The van der Waals surface area contributed by atoms with Crippen molar-refractivity contribution in [3.05, 3.63) is 59.4 Å². The number of carbonyl (C=O) groups is 2. The van der Waals surface area contributed by atoms with Crippen molar-refractivity contribution >= 4 is 39.4 Å². The normalized spacial score (nSPS) is 16.1. The Hall–Kier alpha value is -2.74. The van der Waals surface area contributed by atoms with Gasteiger partial charge in [0, 0.05) is 49.8 Å². The number of anilines is 2. The molecule has 7 nitrogen and oxygen atoms in total. The lowest BCUT2D eigenvalue weighted by atomic mass is 10.1. The van der Waals surface area contributed by atoms with Crippen LogP contribution in [0.15, 0.2) is 53.8 Å². The summed E-state index contributed by atoms with van der Waals surface area (Å²) in [7, 11) is 1.67. The van der Waals surface area contributed by atoms with E-state index in [0.717, 1.165) is 10.9 Å². The van der Waals surface area contributed by atoms with Crippen LogP contribution in [0, 0.1) is 0 Å². The van der Waals surface area contributed by atoms with E-state index in [1.54, 1.807) is 43.7 Å². The summed E-state index contributed by atoms with van der Waals surface area (Å²) in [5.41, 5.74) is 1.31. The Morgan fingerprint density at radius 3 is 2.59 bits per heavy atom. The zero-order valence-corrected chi connectivity index (χ0v) is 16.5. The third-order valence-electron chi connectivity index (χ3n) is 4.44. The third kappa shape index (κ3) is 4.51. The minimum Gasteiger partial charge on any atom is -0.350 e. The second-order valence-electron chi connectivity index (χ2n) is 6.25. The van der Waals surface area contributed by atoms with E-state index in [0.29, 0.717) is 30.3 Å². The first-order chi connectivity index (χ1) is 13.0. The van der Waals surface area contributed by atoms with Crippen LogP contribution in [0.1, 0.15) is 16.8 Å². The number of rotatable bonds is 5. The van der Waals surface area contributed by atoms with Gasteiger partial charge in [0.2, 0.25) is 11.9 Å². The second-order valence-corrected chi connectivity index (χ2v) is 7.17. The number of carbonyl (C=O) groups excluding carboxylic acids is 2. The van der Waals surface area contributed by atoms with Gasteiger partial charge < -0.3 is 15.1 Å². The lowest BCUT2D eigenvalue weighted by Gasteiger charge is -2.19. The van der Waals surface area contributed by atoms with E-state index in [1.807, 2.05) is 4.90 Å². The number of amides is 2. The molecular formula is C19H20BrN5O2. The van der Waals surface area contributed by atoms with Gasteiger partial charge in [-0.2, -0.15) is 0 Å². The molecule has 2 aromatic rings. The fourth-order valence-corrected chi connectivity index (χ4v) is 3.11. The molecule has 140 valence electrons. The first-order valence-corrected chi connectivity index (χ1v) is 9.31. The van der Waals surface area contributed by atoms with Gasteiger partial charge >= 0.3 is 0 Å². The molecule has 1 aliphatic heterocycles. The number of likely N-dealkylation sites (N-methyl/N-ethyl adjacent to an activating group) is 1. The van der Waals surface area contributed by atoms with E-state index in [9.17, 15) is 9.59 Å². The van der Waals surface area contributed by atoms with Gasteiger partial charge in [0.1, 0.15) is 0 Å². The monoisotopic (exact) mass is 429 g/mol. The Kier molecular flexibility index (Phi) is 5.85. The molecule has 1 saturated heterocycles. The minimum absolute atomic E-state index is 0.0275. The quantitative estimate of drug-likeness (QED) is 0.739. The van der Waals surface area contributed by atoms with Gasteiger partial charge in [0.15, 0.2) is 0 Å². The van der Waals surface area contributed by atoms with Crippen molar-refractivity contribution in [2.24, 2.45) is 0 Å². The topological polar surface area (TPSA) is 78.4 Å². The highest BCUT2D eigenvalue weighted by Gasteiger charge is 2.27. The van der Waals surface area contributed by atoms with Gasteiger partial charge in [0.05, 0.1) is 4.47 Å². The predicted molar refractivity (Wildman–Crippen MR) is 108 cm³/mol. The first-order valence-electron chi connectivity index (χ1n) is 8.51. The van der Waals surface area contributed by atoms with Crippen LogP contribution in [0.5, 0.6) is 0 Å². The summed E-state index contributed by atoms with van der Waals surface area (Å²) in [4.78, 5) is 36.1. The Balaban J connectivity index is 1.60. The van der Waals surface area contributed by atoms with Crippen molar-refractivity contribution in [1.29, 1.82) is 0 Å². The molecule has 0 aliphatic carbocycles. The molecule has 0 saturated carbocycles. The van der Waals surface area contributed by atoms with Crippen LogP contribution in [0.25, 0.3) is 0 Å². The lowest BCUT2D eigenvalue weighted by Crippen LogP contribution is -2.32. The molecule has 3 rings (SSSR count). The molecule has 8 heteroatoms. The van der Waals surface area contributed by atoms with E-state index >= 15 is 0 Å². The number of hydrogen-bond acceptors (Lipinski definition) is 5. The minimum atomic E-state index is -0.197. The summed E-state index contributed by atoms with van der Waals surface area (Å²) >= 11 is 3.31. The highest BCUT2D eigenvalue weighted by Crippen LogP contribution is 2.19. The smallest absolute Gasteiger partial charge is 0.253 e. The van der Waals surface area contributed by atoms with Gasteiger partial charge in [-0.15, -0.1) is 0 Å². The maximum absolute atomic E-state index is 12.7. The van der Waals surface area contributed by atoms with Crippen LogP contribution in [0.3, 0.4) is 0 Å². The number of hydrogen-bond donors (Lipinski definition) is 1. The number of aromatic nitrogens is 2. The zero-order valence-electron chi connectivity index (χ0n) is 14.9. The summed E-state index contributed by atoms with van der Waals surface area (Å²) in [5, 5.41) is 3.26. The van der Waals surface area contributed by atoms with Crippen LogP contribution >= 0.6 is 15.9 Å². The summed E-state index contributed by atoms with van der Waals surface area (Å²) < 4.78 is 0.820. The van der Waals surface area contributed by atoms with E-state index in [1.165, 1.54) is 11.0 Å². The van der Waals surface area contributed by atoms with Gasteiger partial charge in [-0.1, -0.05) is 6.58 Å². The maximum Gasteiger partial charge on any atom is 0.253 e. The summed E-state index contributed by atoms with van der Waals surface area (Å²) in [6, 6.07) is 7.11. The summed E-state index contributed by atoms with van der Waals surface area (Å²) in [6.45, 7) is 4.74. The standard InChI is InChI=1S/C19H20BrN5O2/c1-3-17(26)24(2)16-6-4-13(5-7-16)18(27)25-9-8-15(12-25)23-19-21-10-14(20)11-22-19/h3-7,10-11,15H,1,8-9,12H2,2H3,(H,21,22,23)/t15-/m0/s1. The molecule has 0 spiro atoms. The molecule has 2 heterocycles. The second kappa shape index (κ2) is 8.30. The maximum atomic E-state index is 12.7. The molecule has 1 fully saturated rings. The highest BCUT2D eigenvalue weighted by molar-refractivity contribution is 9.10. The van der Waals surface area contributed by atoms with E-state index < -0.39 is 0 Å². The van der Waals surface area contributed by atoms with Crippen LogP contribution < -0.4 is 10.2 Å². The number of halogens is 1. The van der Waals surface area contributed by atoms with E-state index in [2.05, 4.69) is 37.8 Å². The molecule has 1 N–H and O–H groups in total. The molecule has 1 atom stereocenters. The lowest BCUT2D eigenvalue weighted by molar-refractivity contribution is -0.113. The Bertz CT molecular complexity index is 838. The molecule has 1 aliphatic rings. The van der Waals surface area contributed by atoms with Crippen molar-refractivity contribution in [3.63, 3.8) is 0 Å². The van der Waals surface area contributed by atoms with Crippen LogP contribution in [-0.2, 0) is 4.79 Å². The van der Waals surface area contributed by atoms with Crippen molar-refractivity contribution in [2.45, 2.75) is 12.5 Å². The highest BCUT2D eigenvalue weighted by atomic mass is 79.9. The van der Waals surface area contributed by atoms with E-state index in [-0.39, 0.29) is 17.9 Å². The van der Waals surface area contributed by atoms with Gasteiger partial charge in [-0.05, 0) is 52.7 Å². The SMILES string of the molecule is C=CC(=O)N(C)c1ccc(C(=O)N2CC[C@H](Nc3ncc(Br)cn3)C2)cc1. The Morgan fingerprint density at radius 2 is 1.96 bits per heavy atom. The predicted octanol–water partition coefficient (Wildman–Crippen LogP) is 2.71. The van der Waals surface area contributed by atoms with Crippen molar-refractivity contribution < 1.29 is 9.59 Å². The number of nitrogens with zero attached hydrogens (tertiary/aromatic N) is 4. The molecule has 2 amide bonds. The summed E-state index contributed by atoms with van der Waals surface area (Å²) in [6.07, 6.45) is 5.46. The van der Waals surface area contributed by atoms with Crippen molar-refractivity contribution in [1.82, 2.24) is 14.9 Å². The number of benzene rings is 1. The molecule has 1 aromatic carbocycles. The molecule has 0 bridgehead atoms. The van der Waals surface area contributed by atoms with Crippen LogP contribution in [-0.4, -0.2) is 52.9 Å². The van der Waals surface area contributed by atoms with Gasteiger partial charge in [-0.3, -0.25) is 9.59 Å². The molecule has 27 heavy (non-hydrogen) atoms. The zero-order chi connectivity index (χ0) is 19.4. The van der Waals surface area contributed by atoms with E-state index in [4.69, 9.17) is 0 Å². The third-order valence-corrected chi connectivity index (χ3v) is 4.85. The fourth-order valence-electron chi connectivity index (χ4n) is 2.91. The van der Waals surface area contributed by atoms with Crippen molar-refractivity contribution in [2.75, 3.05) is 30.4 Å². The molecular weight excluding hydrogens is 410 g/mol. The van der Waals surface area contributed by atoms with Crippen LogP contribution in [0.4, 0.5) is 11.6 Å². The molecule has 0 radical (unpaired) electrons. The Labute approximate surface area is 166 Å². The Morgan fingerprint density at radius 1 is 1.30 bits per heavy atom. The first kappa shape index (κ1) is 19.0. The largest absolute Gasteiger partial charge is 0.350 e. The molecule has 0 unspecified atom stereocenters. The fraction of sp³-hybridized carbons (Fsp3) is 0.263. The van der Waals surface area contributed by atoms with Crippen molar-refractivity contribution in [3.8, 4) is 0 Å². The van der Waals surface area contributed by atoms with Gasteiger partial charge in [-0.25, -0.2) is 9.97 Å². The number of likely N-dealkylation sites (tertiary alicyclic amines) is 1. The van der Waals surface area contributed by atoms with Gasteiger partial charge in [0.25, 0.3) is 5.91 Å². The average Bonchev–Trinajstić information content (AvgIpc) is 3.16.